The van der Waals surface area contributed by atoms with Crippen molar-refractivity contribution in [2.75, 3.05) is 45.1 Å². The maximum absolute atomic E-state index is 13.9. The van der Waals surface area contributed by atoms with Crippen LogP contribution in [0.15, 0.2) is 18.2 Å². The average molecular weight is 294 g/mol. The predicted octanol–water partition coefficient (Wildman–Crippen LogP) is 1.54. The monoisotopic (exact) mass is 294 g/mol. The molecule has 5 nitrogen and oxygen atoms in total. The lowest BCUT2D eigenvalue weighted by atomic mass is 10.1. The number of likely N-dealkylation sites (N-methyl/N-ethyl adjacent to an activating group) is 1. The molecule has 1 aromatic rings. The van der Waals surface area contributed by atoms with E-state index in [1.807, 2.05) is 11.9 Å². The van der Waals surface area contributed by atoms with Gasteiger partial charge in [0.15, 0.2) is 0 Å². The summed E-state index contributed by atoms with van der Waals surface area (Å²) in [5.74, 6) is -0.660. The minimum absolute atomic E-state index is 0.266. The minimum Gasteiger partial charge on any atom is -0.382 e. The Labute approximate surface area is 125 Å². The van der Waals surface area contributed by atoms with Crippen molar-refractivity contribution in [2.24, 2.45) is 0 Å². The third kappa shape index (κ3) is 4.15. The van der Waals surface area contributed by atoms with Crippen LogP contribution in [-0.4, -0.2) is 55.6 Å². The second-order valence-electron chi connectivity index (χ2n) is 5.32. The standard InChI is InChI=1S/C15H23FN4O/c1-3-7-17-14-12(5-4-6-13(14)16)15(21)18-20-10-8-19(2)9-11-20/h4-6,17H,3,7-11H2,1-2H3,(H,18,21). The van der Waals surface area contributed by atoms with E-state index in [0.717, 1.165) is 32.6 Å². The number of benzene rings is 1. The smallest absolute Gasteiger partial charge is 0.267 e. The molecule has 1 aliphatic heterocycles. The van der Waals surface area contributed by atoms with Crippen LogP contribution in [0.5, 0.6) is 0 Å². The van der Waals surface area contributed by atoms with Crippen molar-refractivity contribution in [3.63, 3.8) is 0 Å². The number of amides is 1. The molecule has 0 bridgehead atoms. The summed E-state index contributed by atoms with van der Waals surface area (Å²) < 4.78 is 13.9. The summed E-state index contributed by atoms with van der Waals surface area (Å²) in [7, 11) is 2.05. The zero-order valence-electron chi connectivity index (χ0n) is 12.7. The lowest BCUT2D eigenvalue weighted by Gasteiger charge is -2.32. The Bertz CT molecular complexity index is 487. The van der Waals surface area contributed by atoms with Crippen molar-refractivity contribution in [1.29, 1.82) is 0 Å². The Morgan fingerprint density at radius 3 is 2.67 bits per heavy atom. The van der Waals surface area contributed by atoms with Crippen LogP contribution in [0, 0.1) is 5.82 Å². The minimum atomic E-state index is -0.394. The zero-order chi connectivity index (χ0) is 15.2. The number of nitrogens with zero attached hydrogens (tertiary/aromatic N) is 2. The summed E-state index contributed by atoms with van der Waals surface area (Å²) in [6.07, 6.45) is 0.869. The van der Waals surface area contributed by atoms with Gasteiger partial charge in [-0.05, 0) is 25.6 Å². The second-order valence-corrected chi connectivity index (χ2v) is 5.32. The lowest BCUT2D eigenvalue weighted by molar-refractivity contribution is 0.0663. The molecule has 1 amide bonds. The van der Waals surface area contributed by atoms with E-state index < -0.39 is 5.82 Å². The van der Waals surface area contributed by atoms with Crippen molar-refractivity contribution in [2.45, 2.75) is 13.3 Å². The van der Waals surface area contributed by atoms with Crippen LogP contribution in [-0.2, 0) is 0 Å². The molecule has 0 aliphatic carbocycles. The van der Waals surface area contributed by atoms with Crippen LogP contribution >= 0.6 is 0 Å². The van der Waals surface area contributed by atoms with Crippen molar-refractivity contribution >= 4 is 11.6 Å². The lowest BCUT2D eigenvalue weighted by Crippen LogP contribution is -2.52. The molecule has 0 atom stereocenters. The number of hydrazine groups is 1. The first-order chi connectivity index (χ1) is 10.1. The molecule has 2 N–H and O–H groups in total. The summed E-state index contributed by atoms with van der Waals surface area (Å²) in [5.41, 5.74) is 3.49. The summed E-state index contributed by atoms with van der Waals surface area (Å²) in [6, 6.07) is 4.57. The Hall–Kier alpha value is -1.66. The van der Waals surface area contributed by atoms with Crippen LogP contribution in [0.4, 0.5) is 10.1 Å². The van der Waals surface area contributed by atoms with Crippen LogP contribution in [0.2, 0.25) is 0 Å². The molecule has 2 rings (SSSR count). The highest BCUT2D eigenvalue weighted by atomic mass is 19.1. The van der Waals surface area contributed by atoms with E-state index >= 15 is 0 Å². The van der Waals surface area contributed by atoms with Gasteiger partial charge in [0.05, 0.1) is 11.3 Å². The zero-order valence-corrected chi connectivity index (χ0v) is 12.7. The van der Waals surface area contributed by atoms with Crippen molar-refractivity contribution < 1.29 is 9.18 Å². The van der Waals surface area contributed by atoms with Gasteiger partial charge in [-0.2, -0.15) is 0 Å². The van der Waals surface area contributed by atoms with Gasteiger partial charge >= 0.3 is 0 Å². The SMILES string of the molecule is CCCNc1c(F)cccc1C(=O)NN1CCN(C)CC1. The van der Waals surface area contributed by atoms with Crippen molar-refractivity contribution in [3.05, 3.63) is 29.6 Å². The van der Waals surface area contributed by atoms with E-state index in [2.05, 4.69) is 22.7 Å². The van der Waals surface area contributed by atoms with Gasteiger partial charge < -0.3 is 10.2 Å². The molecule has 0 spiro atoms. The molecule has 0 aromatic heterocycles. The number of hydrogen-bond donors (Lipinski definition) is 2. The van der Waals surface area contributed by atoms with Crippen molar-refractivity contribution in [1.82, 2.24) is 15.3 Å². The first kappa shape index (κ1) is 15.7. The number of para-hydroxylation sites is 1. The van der Waals surface area contributed by atoms with Gasteiger partial charge in [-0.3, -0.25) is 10.2 Å². The Morgan fingerprint density at radius 2 is 2.00 bits per heavy atom. The fourth-order valence-electron chi connectivity index (χ4n) is 2.27. The highest BCUT2D eigenvalue weighted by molar-refractivity contribution is 5.99. The molecule has 0 unspecified atom stereocenters. The maximum atomic E-state index is 13.9. The highest BCUT2D eigenvalue weighted by Crippen LogP contribution is 2.20. The number of nitrogens with one attached hydrogen (secondary N) is 2. The summed E-state index contributed by atoms with van der Waals surface area (Å²) in [5, 5.41) is 4.88. The second kappa shape index (κ2) is 7.38. The first-order valence-electron chi connectivity index (χ1n) is 7.38. The molecule has 1 aromatic carbocycles. The van der Waals surface area contributed by atoms with Gasteiger partial charge in [-0.25, -0.2) is 9.40 Å². The molecule has 6 heteroatoms. The molecular weight excluding hydrogens is 271 g/mol. The molecule has 116 valence electrons. The van der Waals surface area contributed by atoms with Crippen LogP contribution in [0.25, 0.3) is 0 Å². The number of carbonyl (C=O) groups is 1. The molecule has 1 fully saturated rings. The van der Waals surface area contributed by atoms with Crippen LogP contribution < -0.4 is 10.7 Å². The van der Waals surface area contributed by atoms with Crippen molar-refractivity contribution in [3.8, 4) is 0 Å². The molecule has 0 radical (unpaired) electrons. The molecule has 1 aliphatic rings. The third-order valence-corrected chi connectivity index (χ3v) is 3.57. The summed E-state index contributed by atoms with van der Waals surface area (Å²) in [4.78, 5) is 14.6. The molecule has 0 saturated carbocycles. The van der Waals surface area contributed by atoms with E-state index in [9.17, 15) is 9.18 Å². The van der Waals surface area contributed by atoms with Crippen LogP contribution in [0.3, 0.4) is 0 Å². The number of anilines is 1. The summed E-state index contributed by atoms with van der Waals surface area (Å²) in [6.45, 7) is 5.99. The van der Waals surface area contributed by atoms with Gasteiger partial charge in [0.1, 0.15) is 5.82 Å². The van der Waals surface area contributed by atoms with Gasteiger partial charge in [-0.1, -0.05) is 13.0 Å². The maximum Gasteiger partial charge on any atom is 0.267 e. The average Bonchev–Trinajstić information content (AvgIpc) is 2.48. The van der Waals surface area contributed by atoms with Gasteiger partial charge in [0.2, 0.25) is 0 Å². The molecule has 1 saturated heterocycles. The Morgan fingerprint density at radius 1 is 1.29 bits per heavy atom. The van der Waals surface area contributed by atoms with E-state index in [1.165, 1.54) is 6.07 Å². The van der Waals surface area contributed by atoms with Gasteiger partial charge in [0.25, 0.3) is 5.91 Å². The Kier molecular flexibility index (Phi) is 5.52. The normalized spacial score (nSPS) is 16.7. The van der Waals surface area contributed by atoms with Gasteiger partial charge in [0, 0.05) is 32.7 Å². The molecular formula is C15H23FN4O. The van der Waals surface area contributed by atoms with E-state index in [0.29, 0.717) is 12.1 Å². The largest absolute Gasteiger partial charge is 0.382 e. The fourth-order valence-corrected chi connectivity index (χ4v) is 2.27. The van der Waals surface area contributed by atoms with E-state index in [-0.39, 0.29) is 11.6 Å². The van der Waals surface area contributed by atoms with E-state index in [1.54, 1.807) is 12.1 Å². The molecule has 21 heavy (non-hydrogen) atoms. The first-order valence-corrected chi connectivity index (χ1v) is 7.38. The van der Waals surface area contributed by atoms with Gasteiger partial charge in [-0.15, -0.1) is 0 Å². The highest BCUT2D eigenvalue weighted by Gasteiger charge is 2.19. The quantitative estimate of drug-likeness (QED) is 0.865. The number of rotatable bonds is 5. The number of hydrogen-bond acceptors (Lipinski definition) is 4. The Balaban J connectivity index is 2.06. The number of piperazine rings is 1. The number of halogens is 1. The fraction of sp³-hybridized carbons (Fsp3) is 0.533. The van der Waals surface area contributed by atoms with E-state index in [4.69, 9.17) is 0 Å². The third-order valence-electron chi connectivity index (χ3n) is 3.57. The molecule has 1 heterocycles. The topological polar surface area (TPSA) is 47.6 Å². The number of carbonyl (C=O) groups excluding carboxylic acids is 1. The van der Waals surface area contributed by atoms with Crippen LogP contribution in [0.1, 0.15) is 23.7 Å². The summed E-state index contributed by atoms with van der Waals surface area (Å²) >= 11 is 0. The predicted molar refractivity (Wildman–Crippen MR) is 81.7 cm³/mol.